The smallest absolute Gasteiger partial charge is 0.262 e. The lowest BCUT2D eigenvalue weighted by atomic mass is 10.1. The van der Waals surface area contributed by atoms with E-state index in [1.54, 1.807) is 19.6 Å². The fourth-order valence-corrected chi connectivity index (χ4v) is 4.28. The maximum absolute atomic E-state index is 11.7. The van der Waals surface area contributed by atoms with E-state index in [1.807, 2.05) is 70.2 Å². The number of rotatable bonds is 4. The molecule has 5 rings (SSSR count). The van der Waals surface area contributed by atoms with E-state index in [0.29, 0.717) is 11.4 Å². The van der Waals surface area contributed by atoms with Gasteiger partial charge in [-0.15, -0.1) is 11.3 Å². The molecule has 0 saturated carbocycles. The average molecular weight is 445 g/mol. The highest BCUT2D eigenvalue weighted by molar-refractivity contribution is 7.07. The molecule has 1 aliphatic rings. The van der Waals surface area contributed by atoms with Crippen molar-refractivity contribution in [1.82, 2.24) is 14.2 Å². The molecular formula is C23H20N6O2S. The molecule has 0 saturated heterocycles. The molecule has 4 aromatic rings. The van der Waals surface area contributed by atoms with Crippen LogP contribution >= 0.6 is 11.3 Å². The maximum Gasteiger partial charge on any atom is 0.262 e. The first-order valence-corrected chi connectivity index (χ1v) is 10.8. The van der Waals surface area contributed by atoms with E-state index in [4.69, 9.17) is 9.84 Å². The maximum atomic E-state index is 11.7. The number of fused-ring (bicyclic) bond motifs is 1. The summed E-state index contributed by atoms with van der Waals surface area (Å²) >= 11 is 1.51. The Balaban J connectivity index is 1.52. The third kappa shape index (κ3) is 3.74. The van der Waals surface area contributed by atoms with Crippen LogP contribution in [0.1, 0.15) is 12.5 Å². The van der Waals surface area contributed by atoms with Crippen LogP contribution in [0, 0.1) is 0 Å². The highest BCUT2D eigenvalue weighted by Crippen LogP contribution is 2.33. The topological polar surface area (TPSA) is 85.8 Å². The number of thiazole rings is 1. The number of imidazole rings is 1. The van der Waals surface area contributed by atoms with Crippen molar-refractivity contribution in [1.29, 1.82) is 0 Å². The standard InChI is InChI=1S/C23H20N6O2S/c1-15(16-3-6-18(7-4-16)28-10-9-25-14-28)27-29-20(13-32-23(29)24-2)17-5-8-21-19(11-17)26-22(30)12-31-21/h3-11,13-14H,12H2,1-2H3,(H,26,30). The van der Waals surface area contributed by atoms with Gasteiger partial charge in [0.2, 0.25) is 4.80 Å². The van der Waals surface area contributed by atoms with E-state index < -0.39 is 0 Å². The van der Waals surface area contributed by atoms with E-state index in [2.05, 4.69) is 15.3 Å². The quantitative estimate of drug-likeness (QED) is 0.489. The summed E-state index contributed by atoms with van der Waals surface area (Å²) in [7, 11) is 1.75. The minimum atomic E-state index is -0.162. The van der Waals surface area contributed by atoms with Gasteiger partial charge in [-0.1, -0.05) is 12.1 Å². The molecule has 9 heteroatoms. The van der Waals surface area contributed by atoms with Gasteiger partial charge in [-0.05, 0) is 42.8 Å². The number of benzene rings is 2. The molecule has 160 valence electrons. The van der Waals surface area contributed by atoms with Crippen molar-refractivity contribution in [3.8, 4) is 22.7 Å². The molecule has 0 atom stereocenters. The average Bonchev–Trinajstić information content (AvgIpc) is 3.49. The SMILES string of the molecule is CN=c1scc(-c2ccc3c(c2)NC(=O)CO3)n1N=C(C)c1ccc(-n2ccnc2)cc1. The Morgan fingerprint density at radius 2 is 2.06 bits per heavy atom. The summed E-state index contributed by atoms with van der Waals surface area (Å²) in [5, 5.41) is 9.73. The molecule has 1 N–H and O–H groups in total. The summed E-state index contributed by atoms with van der Waals surface area (Å²) in [6.45, 7) is 2.01. The number of hydrogen-bond donors (Lipinski definition) is 1. The van der Waals surface area contributed by atoms with Crippen molar-refractivity contribution < 1.29 is 9.53 Å². The van der Waals surface area contributed by atoms with Crippen LogP contribution < -0.4 is 14.9 Å². The van der Waals surface area contributed by atoms with Crippen molar-refractivity contribution in [3.05, 3.63) is 76.9 Å². The number of nitrogens with zero attached hydrogens (tertiary/aromatic N) is 5. The van der Waals surface area contributed by atoms with Gasteiger partial charge in [-0.2, -0.15) is 5.10 Å². The Morgan fingerprint density at radius 1 is 1.22 bits per heavy atom. The number of aromatic nitrogens is 3. The first-order valence-electron chi connectivity index (χ1n) is 9.97. The molecule has 0 aliphatic carbocycles. The lowest BCUT2D eigenvalue weighted by Gasteiger charge is -2.18. The van der Waals surface area contributed by atoms with Crippen LogP contribution in [0.25, 0.3) is 16.9 Å². The van der Waals surface area contributed by atoms with Gasteiger partial charge in [0.15, 0.2) is 6.61 Å². The third-order valence-electron chi connectivity index (χ3n) is 5.12. The van der Waals surface area contributed by atoms with Crippen LogP contribution in [0.5, 0.6) is 5.75 Å². The Kier molecular flexibility index (Phi) is 5.16. The number of anilines is 1. The van der Waals surface area contributed by atoms with Crippen LogP contribution in [0.3, 0.4) is 0 Å². The van der Waals surface area contributed by atoms with Gasteiger partial charge < -0.3 is 14.6 Å². The Bertz CT molecular complexity index is 1380. The summed E-state index contributed by atoms with van der Waals surface area (Å²) in [6.07, 6.45) is 5.43. The summed E-state index contributed by atoms with van der Waals surface area (Å²) < 4.78 is 9.26. The number of nitrogens with one attached hydrogen (secondary N) is 1. The van der Waals surface area contributed by atoms with E-state index >= 15 is 0 Å². The molecular weight excluding hydrogens is 424 g/mol. The van der Waals surface area contributed by atoms with Gasteiger partial charge in [0.05, 0.1) is 23.4 Å². The fourth-order valence-electron chi connectivity index (χ4n) is 3.48. The second kappa shape index (κ2) is 8.27. The second-order valence-electron chi connectivity index (χ2n) is 7.19. The number of hydrogen-bond acceptors (Lipinski definition) is 6. The zero-order valence-corrected chi connectivity index (χ0v) is 18.3. The Morgan fingerprint density at radius 3 is 2.81 bits per heavy atom. The first-order chi connectivity index (χ1) is 15.6. The van der Waals surface area contributed by atoms with E-state index in [1.165, 1.54) is 11.3 Å². The van der Waals surface area contributed by atoms with Crippen molar-refractivity contribution in [2.24, 2.45) is 10.1 Å². The van der Waals surface area contributed by atoms with Crippen molar-refractivity contribution in [3.63, 3.8) is 0 Å². The van der Waals surface area contributed by atoms with Crippen LogP contribution in [0.4, 0.5) is 5.69 Å². The van der Waals surface area contributed by atoms with Gasteiger partial charge in [-0.3, -0.25) is 9.79 Å². The summed E-state index contributed by atoms with van der Waals surface area (Å²) in [5.41, 5.74) is 5.34. The second-order valence-corrected chi connectivity index (χ2v) is 8.03. The summed E-state index contributed by atoms with van der Waals surface area (Å²) in [5.74, 6) is 0.498. The van der Waals surface area contributed by atoms with Crippen LogP contribution in [0.2, 0.25) is 0 Å². The molecule has 1 amide bonds. The third-order valence-corrected chi connectivity index (χ3v) is 6.03. The lowest BCUT2D eigenvalue weighted by Crippen LogP contribution is -2.25. The largest absolute Gasteiger partial charge is 0.482 e. The molecule has 0 spiro atoms. The van der Waals surface area contributed by atoms with Gasteiger partial charge in [0.1, 0.15) is 5.75 Å². The molecule has 32 heavy (non-hydrogen) atoms. The van der Waals surface area contributed by atoms with Gasteiger partial charge in [0, 0.05) is 36.1 Å². The van der Waals surface area contributed by atoms with E-state index in [0.717, 1.165) is 33.0 Å². The minimum absolute atomic E-state index is 0.0345. The highest BCUT2D eigenvalue weighted by atomic mass is 32.1. The monoisotopic (exact) mass is 444 g/mol. The van der Waals surface area contributed by atoms with E-state index in [-0.39, 0.29) is 12.5 Å². The molecule has 0 radical (unpaired) electrons. The van der Waals surface area contributed by atoms with Crippen molar-refractivity contribution in [2.45, 2.75) is 6.92 Å². The normalized spacial score (nSPS) is 14.1. The van der Waals surface area contributed by atoms with Crippen LogP contribution in [0.15, 0.2) is 76.7 Å². The molecule has 2 aromatic heterocycles. The Labute approximate surface area is 188 Å². The van der Waals surface area contributed by atoms with Crippen molar-refractivity contribution in [2.75, 3.05) is 19.0 Å². The minimum Gasteiger partial charge on any atom is -0.482 e. The number of amides is 1. The Hall–Kier alpha value is -3.98. The van der Waals surface area contributed by atoms with Crippen LogP contribution in [-0.2, 0) is 4.79 Å². The van der Waals surface area contributed by atoms with Crippen LogP contribution in [-0.4, -0.2) is 39.5 Å². The molecule has 2 aromatic carbocycles. The molecule has 0 fully saturated rings. The predicted molar refractivity (Wildman–Crippen MR) is 125 cm³/mol. The fraction of sp³-hybridized carbons (Fsp3) is 0.130. The lowest BCUT2D eigenvalue weighted by molar-refractivity contribution is -0.118. The summed E-state index contributed by atoms with van der Waals surface area (Å²) in [4.78, 5) is 21.0. The van der Waals surface area contributed by atoms with Gasteiger partial charge in [0.25, 0.3) is 5.91 Å². The molecule has 3 heterocycles. The van der Waals surface area contributed by atoms with Gasteiger partial charge >= 0.3 is 0 Å². The molecule has 1 aliphatic heterocycles. The molecule has 8 nitrogen and oxygen atoms in total. The highest BCUT2D eigenvalue weighted by Gasteiger charge is 2.18. The molecule has 0 bridgehead atoms. The van der Waals surface area contributed by atoms with Gasteiger partial charge in [-0.25, -0.2) is 9.66 Å². The predicted octanol–water partition coefficient (Wildman–Crippen LogP) is 3.54. The zero-order valence-electron chi connectivity index (χ0n) is 17.5. The molecule has 0 unspecified atom stereocenters. The number of carbonyl (C=O) groups is 1. The first kappa shape index (κ1) is 20.0. The zero-order chi connectivity index (χ0) is 22.1. The van der Waals surface area contributed by atoms with Crippen molar-refractivity contribution >= 4 is 28.6 Å². The number of ether oxygens (including phenoxy) is 1. The van der Waals surface area contributed by atoms with E-state index in [9.17, 15) is 4.79 Å². The number of carbonyl (C=O) groups excluding carboxylic acids is 1. The summed E-state index contributed by atoms with van der Waals surface area (Å²) in [6, 6.07) is 13.9.